The van der Waals surface area contributed by atoms with Gasteiger partial charge in [-0.2, -0.15) is 0 Å². The zero-order valence-corrected chi connectivity index (χ0v) is 14.2. The molecule has 1 fully saturated rings. The third kappa shape index (κ3) is 3.66. The van der Waals surface area contributed by atoms with Crippen molar-refractivity contribution in [1.29, 1.82) is 0 Å². The van der Waals surface area contributed by atoms with Gasteiger partial charge in [0.2, 0.25) is 0 Å². The first-order chi connectivity index (χ1) is 11.3. The van der Waals surface area contributed by atoms with E-state index in [9.17, 15) is 13.6 Å². The number of benzene rings is 1. The smallest absolute Gasteiger partial charge is 0.272 e. The molecule has 24 heavy (non-hydrogen) atoms. The maximum absolute atomic E-state index is 13.5. The molecule has 3 rings (SSSR count). The van der Waals surface area contributed by atoms with Crippen molar-refractivity contribution in [3.05, 3.63) is 40.5 Å². The van der Waals surface area contributed by atoms with Crippen LogP contribution < -0.4 is 5.32 Å². The van der Waals surface area contributed by atoms with Gasteiger partial charge in [-0.3, -0.25) is 9.78 Å². The van der Waals surface area contributed by atoms with Gasteiger partial charge in [-0.05, 0) is 31.0 Å². The number of aromatic nitrogens is 1. The molecule has 0 spiro atoms. The average molecular weight is 353 g/mol. The summed E-state index contributed by atoms with van der Waals surface area (Å²) < 4.78 is 27.1. The largest absolute Gasteiger partial charge is 0.349 e. The first kappa shape index (κ1) is 17.1. The van der Waals surface area contributed by atoms with Crippen LogP contribution in [0.2, 0.25) is 5.02 Å². The number of nitrogens with zero attached hydrogens (tertiary/aromatic N) is 1. The summed E-state index contributed by atoms with van der Waals surface area (Å²) >= 11 is 5.97. The monoisotopic (exact) mass is 352 g/mol. The molecule has 1 saturated carbocycles. The third-order valence-corrected chi connectivity index (χ3v) is 4.76. The van der Waals surface area contributed by atoms with Gasteiger partial charge in [0, 0.05) is 30.1 Å². The summed E-state index contributed by atoms with van der Waals surface area (Å²) in [5, 5.41) is 3.57. The first-order valence-electron chi connectivity index (χ1n) is 8.13. The predicted octanol–water partition coefficient (Wildman–Crippen LogP) is 5.06. The molecule has 0 bridgehead atoms. The van der Waals surface area contributed by atoms with Crippen LogP contribution in [0.4, 0.5) is 8.78 Å². The summed E-state index contributed by atoms with van der Waals surface area (Å²) in [6.45, 7) is 0.798. The van der Waals surface area contributed by atoms with E-state index in [0.717, 1.165) is 32.6 Å². The van der Waals surface area contributed by atoms with E-state index in [0.29, 0.717) is 16.5 Å². The maximum atomic E-state index is 13.5. The second-order valence-electron chi connectivity index (χ2n) is 6.45. The van der Waals surface area contributed by atoms with E-state index in [2.05, 4.69) is 10.3 Å². The third-order valence-electron chi connectivity index (χ3n) is 4.45. The highest BCUT2D eigenvalue weighted by Gasteiger charge is 2.28. The maximum Gasteiger partial charge on any atom is 0.272 e. The highest BCUT2D eigenvalue weighted by molar-refractivity contribution is 6.32. The van der Waals surface area contributed by atoms with Gasteiger partial charge < -0.3 is 5.32 Å². The highest BCUT2D eigenvalue weighted by atomic mass is 35.5. The summed E-state index contributed by atoms with van der Waals surface area (Å²) in [7, 11) is 0. The van der Waals surface area contributed by atoms with E-state index in [1.165, 1.54) is 24.8 Å². The van der Waals surface area contributed by atoms with E-state index in [-0.39, 0.29) is 22.5 Å². The van der Waals surface area contributed by atoms with Gasteiger partial charge in [-0.1, -0.05) is 30.9 Å². The Bertz CT molecular complexity index is 767. The lowest BCUT2D eigenvalue weighted by Gasteiger charge is -2.22. The number of nitrogens with one attached hydrogen (secondary N) is 1. The Balaban J connectivity index is 1.86. The molecule has 1 aromatic heterocycles. The number of halogens is 3. The number of hydrogen-bond acceptors (Lipinski definition) is 2. The summed E-state index contributed by atoms with van der Waals surface area (Å²) in [6, 6.07) is 4.56. The lowest BCUT2D eigenvalue weighted by Crippen LogP contribution is -2.36. The van der Waals surface area contributed by atoms with Crippen LogP contribution in [-0.2, 0) is 5.92 Å². The summed E-state index contributed by atoms with van der Waals surface area (Å²) in [4.78, 5) is 16.5. The van der Waals surface area contributed by atoms with Crippen molar-refractivity contribution in [2.45, 2.75) is 51.0 Å². The fourth-order valence-corrected chi connectivity index (χ4v) is 3.46. The molecule has 0 aliphatic heterocycles. The van der Waals surface area contributed by atoms with Gasteiger partial charge in [-0.25, -0.2) is 8.78 Å². The zero-order chi connectivity index (χ0) is 17.3. The fourth-order valence-electron chi connectivity index (χ4n) is 3.12. The molecular formula is C18H19ClF2N2O. The summed E-state index contributed by atoms with van der Waals surface area (Å²) in [6.07, 6.45) is 6.88. The number of fused-ring (bicyclic) bond motifs is 1. The van der Waals surface area contributed by atoms with Crippen molar-refractivity contribution in [3.63, 3.8) is 0 Å². The van der Waals surface area contributed by atoms with Crippen molar-refractivity contribution in [2.24, 2.45) is 0 Å². The standard InChI is InChI=1S/C18H19ClF2N2O/c1-18(20,21)14-9-16-11(8-15(14)19)7-12(10-22-16)17(24)23-13-5-3-2-4-6-13/h7-10,13H,2-6H2,1H3,(H,23,24). The van der Waals surface area contributed by atoms with Crippen LogP contribution in [0.3, 0.4) is 0 Å². The molecule has 1 amide bonds. The fraction of sp³-hybridized carbons (Fsp3) is 0.444. The normalized spacial score (nSPS) is 16.3. The molecule has 1 N–H and O–H groups in total. The van der Waals surface area contributed by atoms with Gasteiger partial charge >= 0.3 is 0 Å². The van der Waals surface area contributed by atoms with E-state index in [1.54, 1.807) is 6.07 Å². The molecule has 3 nitrogen and oxygen atoms in total. The number of pyridine rings is 1. The minimum atomic E-state index is -3.04. The number of rotatable bonds is 3. The van der Waals surface area contributed by atoms with Crippen molar-refractivity contribution >= 4 is 28.4 Å². The molecule has 1 aliphatic rings. The molecule has 0 radical (unpaired) electrons. The zero-order valence-electron chi connectivity index (χ0n) is 13.4. The Kier molecular flexibility index (Phi) is 4.72. The number of carbonyl (C=O) groups is 1. The molecule has 2 aromatic rings. The lowest BCUT2D eigenvalue weighted by atomic mass is 9.95. The molecule has 0 unspecified atom stereocenters. The number of carbonyl (C=O) groups excluding carboxylic acids is 1. The van der Waals surface area contributed by atoms with Crippen molar-refractivity contribution < 1.29 is 13.6 Å². The molecule has 0 atom stereocenters. The van der Waals surface area contributed by atoms with Gasteiger partial charge in [-0.15, -0.1) is 0 Å². The molecule has 0 saturated heterocycles. The predicted molar refractivity (Wildman–Crippen MR) is 90.7 cm³/mol. The Morgan fingerprint density at radius 1 is 1.25 bits per heavy atom. The minimum absolute atomic E-state index is 0.0263. The second kappa shape index (κ2) is 6.63. The lowest BCUT2D eigenvalue weighted by molar-refractivity contribution is 0.0177. The van der Waals surface area contributed by atoms with Crippen LogP contribution in [0, 0.1) is 0 Å². The highest BCUT2D eigenvalue weighted by Crippen LogP contribution is 2.35. The Morgan fingerprint density at radius 3 is 2.62 bits per heavy atom. The van der Waals surface area contributed by atoms with E-state index in [4.69, 9.17) is 11.6 Å². The Labute approximate surface area is 144 Å². The van der Waals surface area contributed by atoms with Crippen LogP contribution in [0.15, 0.2) is 24.4 Å². The van der Waals surface area contributed by atoms with Crippen molar-refractivity contribution in [2.75, 3.05) is 0 Å². The quantitative estimate of drug-likeness (QED) is 0.838. The van der Waals surface area contributed by atoms with Crippen molar-refractivity contribution in [3.8, 4) is 0 Å². The van der Waals surface area contributed by atoms with Crippen molar-refractivity contribution in [1.82, 2.24) is 10.3 Å². The second-order valence-corrected chi connectivity index (χ2v) is 6.85. The van der Waals surface area contributed by atoms with E-state index >= 15 is 0 Å². The number of amides is 1. The van der Waals surface area contributed by atoms with Gasteiger partial charge in [0.15, 0.2) is 0 Å². The Hall–Kier alpha value is -1.75. The molecule has 1 heterocycles. The summed E-state index contributed by atoms with van der Waals surface area (Å²) in [5.74, 6) is -3.22. The SMILES string of the molecule is CC(F)(F)c1cc2ncc(C(=O)NC3CCCCC3)cc2cc1Cl. The first-order valence-corrected chi connectivity index (χ1v) is 8.51. The van der Waals surface area contributed by atoms with Gasteiger partial charge in [0.25, 0.3) is 11.8 Å². The van der Waals surface area contributed by atoms with Crippen LogP contribution in [0.1, 0.15) is 54.9 Å². The number of alkyl halides is 2. The van der Waals surface area contributed by atoms with E-state index in [1.807, 2.05) is 0 Å². The minimum Gasteiger partial charge on any atom is -0.349 e. The topological polar surface area (TPSA) is 42.0 Å². The van der Waals surface area contributed by atoms with Crippen LogP contribution in [0.5, 0.6) is 0 Å². The molecule has 1 aliphatic carbocycles. The molecule has 128 valence electrons. The molecule has 6 heteroatoms. The Morgan fingerprint density at radius 2 is 1.96 bits per heavy atom. The van der Waals surface area contributed by atoms with Crippen LogP contribution in [-0.4, -0.2) is 16.9 Å². The molecule has 1 aromatic carbocycles. The number of hydrogen-bond donors (Lipinski definition) is 1. The van der Waals surface area contributed by atoms with E-state index < -0.39 is 5.92 Å². The summed E-state index contributed by atoms with van der Waals surface area (Å²) in [5.41, 5.74) is 0.550. The average Bonchev–Trinajstić information content (AvgIpc) is 2.53. The molecular weight excluding hydrogens is 334 g/mol. The van der Waals surface area contributed by atoms with Crippen LogP contribution in [0.25, 0.3) is 10.9 Å². The van der Waals surface area contributed by atoms with Gasteiger partial charge in [0.1, 0.15) is 0 Å². The van der Waals surface area contributed by atoms with Gasteiger partial charge in [0.05, 0.1) is 16.1 Å². The van der Waals surface area contributed by atoms with Crippen LogP contribution >= 0.6 is 11.6 Å².